The summed E-state index contributed by atoms with van der Waals surface area (Å²) in [5.41, 5.74) is -2.60. The van der Waals surface area contributed by atoms with Crippen LogP contribution in [0.4, 0.5) is 13.2 Å². The number of hydrogen-bond acceptors (Lipinski definition) is 4. The van der Waals surface area contributed by atoms with Crippen LogP contribution in [0.25, 0.3) is 0 Å². The lowest BCUT2D eigenvalue weighted by Crippen LogP contribution is -2.12. The maximum Gasteiger partial charge on any atom is 0.341 e. The third-order valence-corrected chi connectivity index (χ3v) is 1.77. The number of carbonyl (C=O) groups excluding carboxylic acids is 1. The largest absolute Gasteiger partial charge is 0.465 e. The monoisotopic (exact) mass is 230 g/mol. The van der Waals surface area contributed by atoms with Crippen molar-refractivity contribution in [3.8, 4) is 6.07 Å². The van der Waals surface area contributed by atoms with E-state index in [0.29, 0.717) is 6.20 Å². The highest BCUT2D eigenvalue weighted by Crippen LogP contribution is 2.25. The number of carbonyl (C=O) groups is 1. The Morgan fingerprint density at radius 3 is 2.69 bits per heavy atom. The molecule has 16 heavy (non-hydrogen) atoms. The summed E-state index contributed by atoms with van der Waals surface area (Å²) in [4.78, 5) is 14.2. The highest BCUT2D eigenvalue weighted by atomic mass is 19.3. The zero-order valence-electron chi connectivity index (χ0n) is 8.00. The third-order valence-electron chi connectivity index (χ3n) is 1.77. The molecule has 0 unspecified atom stereocenters. The second kappa shape index (κ2) is 4.61. The fourth-order valence-electron chi connectivity index (χ4n) is 1.09. The van der Waals surface area contributed by atoms with Gasteiger partial charge in [-0.15, -0.1) is 0 Å². The van der Waals surface area contributed by atoms with Crippen molar-refractivity contribution in [2.45, 2.75) is 6.43 Å². The zero-order valence-corrected chi connectivity index (χ0v) is 8.00. The summed E-state index contributed by atoms with van der Waals surface area (Å²) in [5, 5.41) is 8.58. The van der Waals surface area contributed by atoms with Crippen LogP contribution in [-0.2, 0) is 4.74 Å². The van der Waals surface area contributed by atoms with Gasteiger partial charge in [0.2, 0.25) is 0 Å². The first-order valence-corrected chi connectivity index (χ1v) is 3.97. The lowest BCUT2D eigenvalue weighted by molar-refractivity contribution is 0.0586. The average molecular weight is 230 g/mol. The molecule has 0 saturated heterocycles. The second-order valence-electron chi connectivity index (χ2n) is 2.65. The lowest BCUT2D eigenvalue weighted by Gasteiger charge is -2.07. The van der Waals surface area contributed by atoms with Crippen LogP contribution in [-0.4, -0.2) is 18.1 Å². The minimum absolute atomic E-state index is 0.465. The average Bonchev–Trinajstić information content (AvgIpc) is 2.27. The summed E-state index contributed by atoms with van der Waals surface area (Å²) < 4.78 is 42.2. The number of methoxy groups -OCH3 is 1. The molecular weight excluding hydrogens is 225 g/mol. The Morgan fingerprint density at radius 2 is 2.25 bits per heavy atom. The van der Waals surface area contributed by atoms with Gasteiger partial charge < -0.3 is 4.74 Å². The second-order valence-corrected chi connectivity index (χ2v) is 2.65. The highest BCUT2D eigenvalue weighted by Gasteiger charge is 2.26. The third kappa shape index (κ3) is 1.95. The normalized spacial score (nSPS) is 10.0. The fourth-order valence-corrected chi connectivity index (χ4v) is 1.09. The molecule has 0 aliphatic heterocycles. The lowest BCUT2D eigenvalue weighted by atomic mass is 10.1. The van der Waals surface area contributed by atoms with Gasteiger partial charge >= 0.3 is 5.97 Å². The van der Waals surface area contributed by atoms with E-state index < -0.39 is 35.0 Å². The first-order chi connectivity index (χ1) is 7.52. The van der Waals surface area contributed by atoms with Gasteiger partial charge in [0.15, 0.2) is 5.82 Å². The highest BCUT2D eigenvalue weighted by molar-refractivity contribution is 5.93. The Hall–Kier alpha value is -2.10. The van der Waals surface area contributed by atoms with Crippen LogP contribution in [0.5, 0.6) is 0 Å². The first kappa shape index (κ1) is 12.0. The van der Waals surface area contributed by atoms with E-state index in [1.165, 1.54) is 6.07 Å². The first-order valence-electron chi connectivity index (χ1n) is 3.97. The van der Waals surface area contributed by atoms with Crippen molar-refractivity contribution in [3.05, 3.63) is 28.8 Å². The molecular formula is C9H5F3N2O2. The molecule has 0 amide bonds. The molecule has 0 saturated carbocycles. The van der Waals surface area contributed by atoms with Gasteiger partial charge in [-0.3, -0.25) is 4.98 Å². The number of alkyl halides is 2. The number of esters is 1. The molecule has 84 valence electrons. The van der Waals surface area contributed by atoms with Gasteiger partial charge in [-0.2, -0.15) is 5.26 Å². The number of rotatable bonds is 2. The van der Waals surface area contributed by atoms with Crippen molar-refractivity contribution in [2.24, 2.45) is 0 Å². The quantitative estimate of drug-likeness (QED) is 0.727. The van der Waals surface area contributed by atoms with E-state index in [1.54, 1.807) is 0 Å². The van der Waals surface area contributed by atoms with Crippen molar-refractivity contribution in [1.29, 1.82) is 5.26 Å². The van der Waals surface area contributed by atoms with E-state index in [0.717, 1.165) is 7.11 Å². The van der Waals surface area contributed by atoms with E-state index in [4.69, 9.17) is 5.26 Å². The topological polar surface area (TPSA) is 63.0 Å². The fraction of sp³-hybridized carbons (Fsp3) is 0.222. The molecule has 7 heteroatoms. The number of aromatic nitrogens is 1. The molecule has 1 aromatic rings. The van der Waals surface area contributed by atoms with Crippen LogP contribution in [0.3, 0.4) is 0 Å². The zero-order chi connectivity index (χ0) is 12.3. The predicted molar refractivity (Wildman–Crippen MR) is 45.2 cm³/mol. The number of halogens is 3. The molecule has 1 rings (SSSR count). The molecule has 0 spiro atoms. The van der Waals surface area contributed by atoms with Gasteiger partial charge in [0.1, 0.15) is 22.9 Å². The number of hydrogen-bond donors (Lipinski definition) is 0. The number of nitrogens with zero attached hydrogens (tertiary/aromatic N) is 2. The molecule has 0 N–H and O–H groups in total. The Morgan fingerprint density at radius 1 is 1.62 bits per heavy atom. The Kier molecular flexibility index (Phi) is 3.45. The number of pyridine rings is 1. The van der Waals surface area contributed by atoms with Gasteiger partial charge in [0, 0.05) is 0 Å². The van der Waals surface area contributed by atoms with Crippen LogP contribution < -0.4 is 0 Å². The molecule has 0 aromatic carbocycles. The molecule has 0 radical (unpaired) electrons. The molecule has 0 atom stereocenters. The Labute approximate surface area is 88.3 Å². The smallest absolute Gasteiger partial charge is 0.341 e. The maximum absolute atomic E-state index is 13.1. The van der Waals surface area contributed by atoms with Gasteiger partial charge in [-0.05, 0) is 0 Å². The SMILES string of the molecule is COC(=O)c1c(C(F)F)ncc(F)c1C#N. The predicted octanol–water partition coefficient (Wildman–Crippen LogP) is 1.82. The van der Waals surface area contributed by atoms with E-state index in [-0.39, 0.29) is 0 Å². The molecule has 0 fully saturated rings. The molecule has 0 aliphatic carbocycles. The summed E-state index contributed by atoms with van der Waals surface area (Å²) in [6.45, 7) is 0. The Bertz CT molecular complexity index is 469. The van der Waals surface area contributed by atoms with Gasteiger partial charge in [-0.25, -0.2) is 18.0 Å². The number of ether oxygens (including phenoxy) is 1. The van der Waals surface area contributed by atoms with E-state index in [9.17, 15) is 18.0 Å². The summed E-state index contributed by atoms with van der Waals surface area (Å²) in [6.07, 6.45) is -2.63. The van der Waals surface area contributed by atoms with Crippen molar-refractivity contribution in [2.75, 3.05) is 7.11 Å². The molecule has 0 aliphatic rings. The van der Waals surface area contributed by atoms with Crippen LogP contribution >= 0.6 is 0 Å². The summed E-state index contributed by atoms with van der Waals surface area (Å²) in [7, 11) is 0.934. The van der Waals surface area contributed by atoms with Crippen LogP contribution in [0.2, 0.25) is 0 Å². The standard InChI is InChI=1S/C9H5F3N2O2/c1-16-9(15)6-4(2-13)5(10)3-14-7(6)8(11)12/h3,8H,1H3. The maximum atomic E-state index is 13.1. The summed E-state index contributed by atoms with van der Waals surface area (Å²) in [6, 6.07) is 1.33. The van der Waals surface area contributed by atoms with E-state index in [1.807, 2.05) is 0 Å². The van der Waals surface area contributed by atoms with Crippen molar-refractivity contribution in [3.63, 3.8) is 0 Å². The van der Waals surface area contributed by atoms with Crippen molar-refractivity contribution in [1.82, 2.24) is 4.98 Å². The summed E-state index contributed by atoms with van der Waals surface area (Å²) in [5.74, 6) is -2.37. The van der Waals surface area contributed by atoms with Gasteiger partial charge in [0.25, 0.3) is 6.43 Å². The van der Waals surface area contributed by atoms with Crippen molar-refractivity contribution >= 4 is 5.97 Å². The van der Waals surface area contributed by atoms with E-state index in [2.05, 4.69) is 9.72 Å². The van der Waals surface area contributed by atoms with E-state index >= 15 is 0 Å². The Balaban J connectivity index is 3.55. The van der Waals surface area contributed by atoms with Crippen LogP contribution in [0.15, 0.2) is 6.20 Å². The number of nitriles is 1. The van der Waals surface area contributed by atoms with Crippen molar-refractivity contribution < 1.29 is 22.7 Å². The van der Waals surface area contributed by atoms with Crippen LogP contribution in [0.1, 0.15) is 28.0 Å². The molecule has 4 nitrogen and oxygen atoms in total. The minimum atomic E-state index is -3.10. The van der Waals surface area contributed by atoms with Crippen LogP contribution in [0, 0.1) is 17.1 Å². The molecule has 0 bridgehead atoms. The van der Waals surface area contributed by atoms with Gasteiger partial charge in [-0.1, -0.05) is 0 Å². The minimum Gasteiger partial charge on any atom is -0.465 e. The summed E-state index contributed by atoms with van der Waals surface area (Å²) >= 11 is 0. The molecule has 1 heterocycles. The molecule has 1 aromatic heterocycles. The van der Waals surface area contributed by atoms with Gasteiger partial charge in [0.05, 0.1) is 13.3 Å².